The maximum Gasteiger partial charge on any atom is 0.257 e. The van der Waals surface area contributed by atoms with E-state index >= 15 is 0 Å². The Kier molecular flexibility index (Phi) is 6.76. The van der Waals surface area contributed by atoms with Crippen molar-refractivity contribution >= 4 is 17.5 Å². The van der Waals surface area contributed by atoms with Gasteiger partial charge in [0.05, 0.1) is 16.9 Å². The van der Waals surface area contributed by atoms with Crippen LogP contribution in [0.4, 0.5) is 10.1 Å². The van der Waals surface area contributed by atoms with Crippen LogP contribution in [0.2, 0.25) is 0 Å². The van der Waals surface area contributed by atoms with Crippen molar-refractivity contribution in [3.05, 3.63) is 52.1 Å². The standard InChI is InChI=1S/C24H32FN3O4/c1-13-12-17(6-7-18(13)25)27-22(30)19-14(2)20(28(5)15(19)3)21(29)23(31)26-16-8-10-24(4,32)11-9-16/h6-7,12,16,21,29,32H,8-11H2,1-5H3,(H,26,31)(H,27,30)/t16-,21?,24+. The van der Waals surface area contributed by atoms with E-state index in [1.165, 1.54) is 12.1 Å². The summed E-state index contributed by atoms with van der Waals surface area (Å²) in [5.41, 5.74) is 2.00. The predicted molar refractivity (Wildman–Crippen MR) is 120 cm³/mol. The topological polar surface area (TPSA) is 104 Å². The zero-order chi connectivity index (χ0) is 23.8. The number of nitrogens with zero attached hydrogens (tertiary/aromatic N) is 1. The Labute approximate surface area is 187 Å². The zero-order valence-corrected chi connectivity index (χ0v) is 19.3. The molecule has 0 saturated heterocycles. The van der Waals surface area contributed by atoms with Crippen LogP contribution in [-0.4, -0.2) is 38.2 Å². The first-order valence-electron chi connectivity index (χ1n) is 10.9. The second-order valence-electron chi connectivity index (χ2n) is 9.13. The molecule has 1 heterocycles. The largest absolute Gasteiger partial charge is 0.390 e. The van der Waals surface area contributed by atoms with Gasteiger partial charge < -0.3 is 25.4 Å². The summed E-state index contributed by atoms with van der Waals surface area (Å²) in [5, 5.41) is 26.5. The molecule has 4 N–H and O–H groups in total. The number of hydrogen-bond donors (Lipinski definition) is 4. The van der Waals surface area contributed by atoms with E-state index < -0.39 is 23.5 Å². The van der Waals surface area contributed by atoms with E-state index in [9.17, 15) is 24.2 Å². The molecule has 2 aromatic rings. The summed E-state index contributed by atoms with van der Waals surface area (Å²) in [6, 6.07) is 4.22. The molecule has 1 aromatic carbocycles. The molecule has 2 amide bonds. The molecule has 32 heavy (non-hydrogen) atoms. The van der Waals surface area contributed by atoms with Crippen LogP contribution in [0.15, 0.2) is 18.2 Å². The number of carbonyl (C=O) groups is 2. The Morgan fingerprint density at radius 1 is 1.22 bits per heavy atom. The fourth-order valence-electron chi connectivity index (χ4n) is 4.43. The molecule has 0 spiro atoms. The number of aliphatic hydroxyl groups excluding tert-OH is 1. The number of benzene rings is 1. The molecule has 1 aliphatic rings. The van der Waals surface area contributed by atoms with E-state index in [4.69, 9.17) is 0 Å². The van der Waals surface area contributed by atoms with Crippen LogP contribution >= 0.6 is 0 Å². The lowest BCUT2D eigenvalue weighted by molar-refractivity contribution is -0.131. The van der Waals surface area contributed by atoms with Crippen molar-refractivity contribution in [2.75, 3.05) is 5.32 Å². The minimum absolute atomic E-state index is 0.108. The lowest BCUT2D eigenvalue weighted by Crippen LogP contribution is -2.44. The number of aryl methyl sites for hydroxylation is 1. The SMILES string of the molecule is Cc1cc(NC(=O)c2c(C)c(C(O)C(=O)N[C@H]3CC[C@@](C)(O)CC3)n(C)c2C)ccc1F. The first-order chi connectivity index (χ1) is 14.9. The monoisotopic (exact) mass is 445 g/mol. The number of nitrogens with one attached hydrogen (secondary N) is 2. The average molecular weight is 446 g/mol. The molecule has 174 valence electrons. The van der Waals surface area contributed by atoms with Crippen molar-refractivity contribution in [1.82, 2.24) is 9.88 Å². The highest BCUT2D eigenvalue weighted by atomic mass is 19.1. The average Bonchev–Trinajstić information content (AvgIpc) is 2.94. The Balaban J connectivity index is 1.78. The van der Waals surface area contributed by atoms with Gasteiger partial charge in [0.1, 0.15) is 5.82 Å². The maximum absolute atomic E-state index is 13.5. The molecule has 0 radical (unpaired) electrons. The third kappa shape index (κ3) is 4.86. The van der Waals surface area contributed by atoms with Gasteiger partial charge in [0.2, 0.25) is 0 Å². The van der Waals surface area contributed by atoms with Crippen LogP contribution in [0.5, 0.6) is 0 Å². The van der Waals surface area contributed by atoms with E-state index in [0.29, 0.717) is 59.4 Å². The minimum Gasteiger partial charge on any atom is -0.390 e. The fourth-order valence-corrected chi connectivity index (χ4v) is 4.43. The van der Waals surface area contributed by atoms with Gasteiger partial charge in [-0.1, -0.05) is 0 Å². The van der Waals surface area contributed by atoms with Crippen LogP contribution in [0, 0.1) is 26.6 Å². The lowest BCUT2D eigenvalue weighted by atomic mass is 9.83. The predicted octanol–water partition coefficient (Wildman–Crippen LogP) is 3.18. The number of rotatable bonds is 5. The molecule has 1 unspecified atom stereocenters. The van der Waals surface area contributed by atoms with Crippen LogP contribution in [0.3, 0.4) is 0 Å². The maximum atomic E-state index is 13.5. The van der Waals surface area contributed by atoms with Gasteiger partial charge in [-0.2, -0.15) is 0 Å². The van der Waals surface area contributed by atoms with Gasteiger partial charge in [-0.05, 0) is 82.7 Å². The highest BCUT2D eigenvalue weighted by Crippen LogP contribution is 2.30. The summed E-state index contributed by atoms with van der Waals surface area (Å²) in [4.78, 5) is 25.7. The van der Waals surface area contributed by atoms with Gasteiger partial charge in [-0.25, -0.2) is 4.39 Å². The molecule has 3 rings (SSSR count). The van der Waals surface area contributed by atoms with E-state index in [1.807, 2.05) is 0 Å². The molecule has 1 atom stereocenters. The van der Waals surface area contributed by atoms with Crippen molar-refractivity contribution < 1.29 is 24.2 Å². The Hall–Kier alpha value is -2.71. The summed E-state index contributed by atoms with van der Waals surface area (Å²) < 4.78 is 15.2. The molecule has 8 heteroatoms. The highest BCUT2D eigenvalue weighted by Gasteiger charge is 2.33. The second-order valence-corrected chi connectivity index (χ2v) is 9.13. The van der Waals surface area contributed by atoms with Crippen molar-refractivity contribution in [1.29, 1.82) is 0 Å². The fraction of sp³-hybridized carbons (Fsp3) is 0.500. The number of anilines is 1. The van der Waals surface area contributed by atoms with E-state index in [1.54, 1.807) is 45.4 Å². The van der Waals surface area contributed by atoms with Crippen molar-refractivity contribution in [3.63, 3.8) is 0 Å². The van der Waals surface area contributed by atoms with Gasteiger partial charge in [-0.3, -0.25) is 9.59 Å². The number of halogens is 1. The summed E-state index contributed by atoms with van der Waals surface area (Å²) >= 11 is 0. The normalized spacial score (nSPS) is 21.8. The first-order valence-corrected chi connectivity index (χ1v) is 10.9. The number of carbonyl (C=O) groups excluding carboxylic acids is 2. The highest BCUT2D eigenvalue weighted by molar-refractivity contribution is 6.06. The summed E-state index contributed by atoms with van der Waals surface area (Å²) in [7, 11) is 1.70. The van der Waals surface area contributed by atoms with Gasteiger partial charge >= 0.3 is 0 Å². The van der Waals surface area contributed by atoms with Crippen LogP contribution in [0.25, 0.3) is 0 Å². The molecule has 7 nitrogen and oxygen atoms in total. The number of amides is 2. The molecule has 1 aromatic heterocycles. The Morgan fingerprint density at radius 3 is 2.44 bits per heavy atom. The van der Waals surface area contributed by atoms with E-state index in [-0.39, 0.29) is 11.9 Å². The van der Waals surface area contributed by atoms with Gasteiger partial charge in [0.15, 0.2) is 6.10 Å². The van der Waals surface area contributed by atoms with Crippen LogP contribution in [-0.2, 0) is 11.8 Å². The molecular weight excluding hydrogens is 413 g/mol. The Bertz CT molecular complexity index is 1030. The van der Waals surface area contributed by atoms with E-state index in [0.717, 1.165) is 0 Å². The van der Waals surface area contributed by atoms with Crippen LogP contribution in [0.1, 0.15) is 71.6 Å². The molecule has 1 fully saturated rings. The third-order valence-electron chi connectivity index (χ3n) is 6.54. The van der Waals surface area contributed by atoms with Gasteiger partial charge in [-0.15, -0.1) is 0 Å². The third-order valence-corrected chi connectivity index (χ3v) is 6.54. The second kappa shape index (κ2) is 9.03. The molecule has 1 saturated carbocycles. The zero-order valence-electron chi connectivity index (χ0n) is 19.3. The number of hydrogen-bond acceptors (Lipinski definition) is 4. The summed E-state index contributed by atoms with van der Waals surface area (Å²) in [6.07, 6.45) is 1.02. The Morgan fingerprint density at radius 2 is 1.84 bits per heavy atom. The van der Waals surface area contributed by atoms with Crippen molar-refractivity contribution in [2.45, 2.75) is 71.1 Å². The summed E-state index contributed by atoms with van der Waals surface area (Å²) in [5.74, 6) is -1.27. The quantitative estimate of drug-likeness (QED) is 0.567. The van der Waals surface area contributed by atoms with Crippen molar-refractivity contribution in [3.8, 4) is 0 Å². The number of aliphatic hydroxyl groups is 2. The summed E-state index contributed by atoms with van der Waals surface area (Å²) in [6.45, 7) is 6.84. The lowest BCUT2D eigenvalue weighted by Gasteiger charge is -2.33. The van der Waals surface area contributed by atoms with Crippen molar-refractivity contribution in [2.24, 2.45) is 7.05 Å². The van der Waals surface area contributed by atoms with Gasteiger partial charge in [0.25, 0.3) is 11.8 Å². The number of aromatic nitrogens is 1. The minimum atomic E-state index is -1.43. The van der Waals surface area contributed by atoms with Gasteiger partial charge in [0, 0.05) is 24.5 Å². The van der Waals surface area contributed by atoms with Crippen LogP contribution < -0.4 is 10.6 Å². The molecular formula is C24H32FN3O4. The first kappa shape index (κ1) is 23.9. The molecule has 0 aliphatic heterocycles. The molecule has 1 aliphatic carbocycles. The molecule has 0 bridgehead atoms. The smallest absolute Gasteiger partial charge is 0.257 e. The van der Waals surface area contributed by atoms with E-state index in [2.05, 4.69) is 10.6 Å².